The molecule has 0 amide bonds. The number of nitrogens with one attached hydrogen (secondary N) is 1. The molecule has 4 fully saturated rings. The first-order chi connectivity index (χ1) is 12.0. The molecule has 5 rings (SSSR count). The molecule has 0 aromatic carbocycles. The highest BCUT2D eigenvalue weighted by molar-refractivity contribution is 5.06. The Bertz CT molecular complexity index is 824. The molecule has 25 heavy (non-hydrogen) atoms. The van der Waals surface area contributed by atoms with Crippen LogP contribution in [-0.2, 0) is 14.2 Å². The normalized spacial score (nSPS) is 44.7. The molecular formula is C16H19FN2O6. The molecule has 2 N–H and O–H groups in total. The van der Waals surface area contributed by atoms with Gasteiger partial charge in [-0.15, -0.1) is 0 Å². The van der Waals surface area contributed by atoms with Crippen molar-refractivity contribution in [1.82, 2.24) is 9.55 Å². The molecule has 2 saturated carbocycles. The molecular weight excluding hydrogens is 335 g/mol. The van der Waals surface area contributed by atoms with Crippen molar-refractivity contribution in [2.45, 2.75) is 56.0 Å². The van der Waals surface area contributed by atoms with Crippen molar-refractivity contribution in [2.24, 2.45) is 11.8 Å². The van der Waals surface area contributed by atoms with Gasteiger partial charge in [-0.2, -0.15) is 4.39 Å². The molecule has 2 saturated heterocycles. The number of aliphatic hydroxyl groups excluding tert-OH is 1. The van der Waals surface area contributed by atoms with E-state index in [0.29, 0.717) is 11.8 Å². The highest BCUT2D eigenvalue weighted by atomic mass is 19.1. The first-order valence-corrected chi connectivity index (χ1v) is 8.63. The Morgan fingerprint density at radius 3 is 2.80 bits per heavy atom. The Morgan fingerprint density at radius 2 is 2.12 bits per heavy atom. The zero-order valence-corrected chi connectivity index (χ0v) is 13.4. The standard InChI is InChI=1S/C16H19FN2O6/c17-9-5-19(15(22)18-13(9)21)14-12-11(10(6-20)23-14)24-16(25-12)4-7-1-2-8(16)3-7/h5,7-8,10-12,14,20H,1-4,6H2,(H,18,21,22)/t7-,8+,10-,11-,12-,14-,16-/m1/s1. The number of aromatic amines is 1. The predicted octanol–water partition coefficient (Wildman–Crippen LogP) is -0.134. The summed E-state index contributed by atoms with van der Waals surface area (Å²) in [5, 5.41) is 9.63. The lowest BCUT2D eigenvalue weighted by atomic mass is 9.94. The van der Waals surface area contributed by atoms with Gasteiger partial charge in [-0.3, -0.25) is 14.3 Å². The number of halogens is 1. The summed E-state index contributed by atoms with van der Waals surface area (Å²) in [7, 11) is 0. The molecule has 136 valence electrons. The fraction of sp³-hybridized carbons (Fsp3) is 0.750. The van der Waals surface area contributed by atoms with Crippen LogP contribution in [0.5, 0.6) is 0 Å². The van der Waals surface area contributed by atoms with Gasteiger partial charge in [-0.05, 0) is 25.2 Å². The van der Waals surface area contributed by atoms with E-state index in [1.54, 1.807) is 0 Å². The van der Waals surface area contributed by atoms with E-state index in [4.69, 9.17) is 14.2 Å². The van der Waals surface area contributed by atoms with Gasteiger partial charge in [0.05, 0.1) is 12.8 Å². The molecule has 9 heteroatoms. The van der Waals surface area contributed by atoms with Crippen LogP contribution in [-0.4, -0.2) is 45.4 Å². The third kappa shape index (κ3) is 2.13. The number of nitrogens with zero attached hydrogens (tertiary/aromatic N) is 1. The summed E-state index contributed by atoms with van der Waals surface area (Å²) in [6.07, 6.45) is 2.07. The van der Waals surface area contributed by atoms with Crippen LogP contribution in [0.3, 0.4) is 0 Å². The van der Waals surface area contributed by atoms with Gasteiger partial charge in [0.1, 0.15) is 18.3 Å². The Labute approximate surface area is 141 Å². The quantitative estimate of drug-likeness (QED) is 0.767. The topological polar surface area (TPSA) is 103 Å². The Hall–Kier alpha value is -1.55. The Kier molecular flexibility index (Phi) is 3.28. The second-order valence-corrected chi connectivity index (χ2v) is 7.45. The van der Waals surface area contributed by atoms with Crippen molar-refractivity contribution in [3.8, 4) is 0 Å². The van der Waals surface area contributed by atoms with Gasteiger partial charge < -0.3 is 19.3 Å². The van der Waals surface area contributed by atoms with E-state index < -0.39 is 47.4 Å². The second kappa shape index (κ2) is 5.23. The maximum atomic E-state index is 13.7. The van der Waals surface area contributed by atoms with E-state index in [1.165, 1.54) is 6.42 Å². The van der Waals surface area contributed by atoms with E-state index in [2.05, 4.69) is 0 Å². The van der Waals surface area contributed by atoms with Crippen molar-refractivity contribution in [3.05, 3.63) is 32.9 Å². The number of aliphatic hydroxyl groups is 1. The van der Waals surface area contributed by atoms with Crippen molar-refractivity contribution in [1.29, 1.82) is 0 Å². The molecule has 2 aliphatic heterocycles. The lowest BCUT2D eigenvalue weighted by Crippen LogP contribution is -2.41. The third-order valence-corrected chi connectivity index (χ3v) is 6.07. The van der Waals surface area contributed by atoms with Crippen LogP contribution >= 0.6 is 0 Å². The van der Waals surface area contributed by atoms with Gasteiger partial charge in [0.2, 0.25) is 5.82 Å². The molecule has 1 aromatic rings. The highest BCUT2D eigenvalue weighted by Gasteiger charge is 2.65. The maximum Gasteiger partial charge on any atom is 0.330 e. The average Bonchev–Trinajstić information content (AvgIpc) is 3.31. The molecule has 1 spiro atoms. The average molecular weight is 354 g/mol. The molecule has 2 aliphatic carbocycles. The van der Waals surface area contributed by atoms with Gasteiger partial charge in [0.25, 0.3) is 5.56 Å². The van der Waals surface area contributed by atoms with Crippen molar-refractivity contribution >= 4 is 0 Å². The number of H-pyrrole nitrogens is 1. The molecule has 3 heterocycles. The summed E-state index contributed by atoms with van der Waals surface area (Å²) in [4.78, 5) is 25.3. The van der Waals surface area contributed by atoms with Gasteiger partial charge in [-0.1, -0.05) is 0 Å². The van der Waals surface area contributed by atoms with Crippen LogP contribution in [0.15, 0.2) is 15.8 Å². The van der Waals surface area contributed by atoms with Gasteiger partial charge >= 0.3 is 5.69 Å². The highest BCUT2D eigenvalue weighted by Crippen LogP contribution is 2.58. The first kappa shape index (κ1) is 15.7. The molecule has 0 radical (unpaired) electrons. The van der Waals surface area contributed by atoms with Crippen molar-refractivity contribution in [3.63, 3.8) is 0 Å². The zero-order valence-electron chi connectivity index (χ0n) is 13.4. The second-order valence-electron chi connectivity index (χ2n) is 7.45. The monoisotopic (exact) mass is 354 g/mol. The van der Waals surface area contributed by atoms with E-state index in [9.17, 15) is 19.1 Å². The lowest BCUT2D eigenvalue weighted by molar-refractivity contribution is -0.243. The maximum absolute atomic E-state index is 13.7. The van der Waals surface area contributed by atoms with Crippen LogP contribution in [0.1, 0.15) is 31.9 Å². The van der Waals surface area contributed by atoms with Crippen LogP contribution in [0.2, 0.25) is 0 Å². The summed E-state index contributed by atoms with van der Waals surface area (Å²) >= 11 is 0. The van der Waals surface area contributed by atoms with E-state index in [1.807, 2.05) is 4.98 Å². The minimum atomic E-state index is -1.08. The smallest absolute Gasteiger partial charge is 0.330 e. The number of fused-ring (bicyclic) bond motifs is 4. The summed E-state index contributed by atoms with van der Waals surface area (Å²) in [5.74, 6) is -0.908. The summed E-state index contributed by atoms with van der Waals surface area (Å²) in [5.41, 5.74) is -1.87. The van der Waals surface area contributed by atoms with Gasteiger partial charge in [-0.25, -0.2) is 4.79 Å². The molecule has 0 unspecified atom stereocenters. The number of hydrogen-bond donors (Lipinski definition) is 2. The fourth-order valence-corrected chi connectivity index (χ4v) is 5.00. The predicted molar refractivity (Wildman–Crippen MR) is 80.2 cm³/mol. The summed E-state index contributed by atoms with van der Waals surface area (Å²) in [6, 6.07) is 0. The van der Waals surface area contributed by atoms with Gasteiger partial charge in [0, 0.05) is 12.3 Å². The van der Waals surface area contributed by atoms with E-state index in [-0.39, 0.29) is 6.61 Å². The Balaban J connectivity index is 1.51. The molecule has 1 aromatic heterocycles. The first-order valence-electron chi connectivity index (χ1n) is 8.63. The van der Waals surface area contributed by atoms with Crippen molar-refractivity contribution < 1.29 is 23.7 Å². The van der Waals surface area contributed by atoms with Crippen LogP contribution < -0.4 is 11.2 Å². The Morgan fingerprint density at radius 1 is 1.32 bits per heavy atom. The number of aromatic nitrogens is 2. The summed E-state index contributed by atoms with van der Waals surface area (Å²) < 4.78 is 32.8. The molecule has 8 nitrogen and oxygen atoms in total. The number of ether oxygens (including phenoxy) is 3. The zero-order chi connectivity index (χ0) is 17.3. The molecule has 2 bridgehead atoms. The minimum Gasteiger partial charge on any atom is -0.394 e. The van der Waals surface area contributed by atoms with E-state index in [0.717, 1.165) is 30.0 Å². The number of hydrogen-bond acceptors (Lipinski definition) is 6. The van der Waals surface area contributed by atoms with Crippen molar-refractivity contribution in [2.75, 3.05) is 6.61 Å². The third-order valence-electron chi connectivity index (χ3n) is 6.07. The minimum absolute atomic E-state index is 0.298. The van der Waals surface area contributed by atoms with Crippen LogP contribution in [0, 0.1) is 17.7 Å². The summed E-state index contributed by atoms with van der Waals surface area (Å²) in [6.45, 7) is -0.300. The van der Waals surface area contributed by atoms with E-state index >= 15 is 0 Å². The fourth-order valence-electron chi connectivity index (χ4n) is 5.00. The number of rotatable bonds is 2. The van der Waals surface area contributed by atoms with Crippen LogP contribution in [0.25, 0.3) is 0 Å². The van der Waals surface area contributed by atoms with Crippen LogP contribution in [0.4, 0.5) is 4.39 Å². The molecule has 4 aliphatic rings. The SMILES string of the molecule is O=c1[nH]c(=O)n([C@@H]2O[C@H](CO)[C@H]3O[C@]4(C[C@@H]5CC[C@H]4C5)O[C@H]32)cc1F. The largest absolute Gasteiger partial charge is 0.394 e. The molecule has 7 atom stereocenters. The lowest BCUT2D eigenvalue weighted by Gasteiger charge is -2.34. The van der Waals surface area contributed by atoms with Gasteiger partial charge in [0.15, 0.2) is 12.0 Å².